The van der Waals surface area contributed by atoms with Crippen molar-refractivity contribution in [2.75, 3.05) is 0 Å². The Morgan fingerprint density at radius 1 is 0.611 bits per heavy atom. The summed E-state index contributed by atoms with van der Waals surface area (Å²) in [5.41, 5.74) is 13.9. The van der Waals surface area contributed by atoms with Gasteiger partial charge in [0.05, 0.1) is 0 Å². The highest BCUT2D eigenvalue weighted by atomic mass is 14.4. The lowest BCUT2D eigenvalue weighted by atomic mass is 9.71. The minimum absolute atomic E-state index is 0.0107. The van der Waals surface area contributed by atoms with Crippen molar-refractivity contribution < 1.29 is 0 Å². The second kappa shape index (κ2) is 8.48. The number of aryl methyl sites for hydroxylation is 2. The molecular formula is C36H40. The van der Waals surface area contributed by atoms with Crippen molar-refractivity contribution >= 4 is 0 Å². The van der Waals surface area contributed by atoms with Crippen LogP contribution < -0.4 is 0 Å². The maximum Gasteiger partial charge on any atom is 0.0174 e. The Balaban J connectivity index is 1.62. The van der Waals surface area contributed by atoms with Crippen molar-refractivity contribution in [3.8, 4) is 11.1 Å². The molecule has 184 valence electrons. The highest BCUT2D eigenvalue weighted by Gasteiger charge is 2.39. The van der Waals surface area contributed by atoms with Crippen molar-refractivity contribution in [3.63, 3.8) is 0 Å². The van der Waals surface area contributed by atoms with Crippen LogP contribution in [0.15, 0.2) is 84.9 Å². The van der Waals surface area contributed by atoms with Crippen molar-refractivity contribution in [1.29, 1.82) is 0 Å². The van der Waals surface area contributed by atoms with Crippen LogP contribution in [0.2, 0.25) is 0 Å². The Bertz CT molecular complexity index is 1450. The van der Waals surface area contributed by atoms with Gasteiger partial charge < -0.3 is 0 Å². The van der Waals surface area contributed by atoms with Gasteiger partial charge in [-0.15, -0.1) is 0 Å². The van der Waals surface area contributed by atoms with Gasteiger partial charge in [0.25, 0.3) is 0 Å². The van der Waals surface area contributed by atoms with E-state index in [2.05, 4.69) is 140 Å². The van der Waals surface area contributed by atoms with E-state index in [1.54, 1.807) is 0 Å². The fraction of sp³-hybridized carbons (Fsp3) is 0.333. The van der Waals surface area contributed by atoms with Gasteiger partial charge in [-0.2, -0.15) is 0 Å². The third-order valence-electron chi connectivity index (χ3n) is 9.30. The van der Waals surface area contributed by atoms with Crippen LogP contribution in [-0.2, 0) is 16.2 Å². The summed E-state index contributed by atoms with van der Waals surface area (Å²) in [6.45, 7) is 18.7. The molecular weight excluding hydrogens is 432 g/mol. The Morgan fingerprint density at radius 2 is 1.08 bits per heavy atom. The van der Waals surface area contributed by atoms with Gasteiger partial charge in [-0.3, -0.25) is 0 Å². The minimum atomic E-state index is -0.0536. The smallest absolute Gasteiger partial charge is 0.0174 e. The minimum Gasteiger partial charge on any atom is -0.0642 e. The molecule has 0 bridgehead atoms. The zero-order valence-electron chi connectivity index (χ0n) is 23.3. The molecule has 0 nitrogen and oxygen atoms in total. The highest BCUT2D eigenvalue weighted by Crippen LogP contribution is 2.51. The van der Waals surface area contributed by atoms with E-state index in [9.17, 15) is 0 Å². The van der Waals surface area contributed by atoms with Crippen molar-refractivity contribution in [2.24, 2.45) is 0 Å². The third-order valence-corrected chi connectivity index (χ3v) is 9.30. The number of hydrogen-bond acceptors (Lipinski definition) is 0. The van der Waals surface area contributed by atoms with Crippen LogP contribution in [0.4, 0.5) is 0 Å². The van der Waals surface area contributed by atoms with Gasteiger partial charge in [0.1, 0.15) is 0 Å². The first kappa shape index (κ1) is 24.6. The molecule has 4 aromatic carbocycles. The summed E-state index contributed by atoms with van der Waals surface area (Å²) >= 11 is 0. The summed E-state index contributed by atoms with van der Waals surface area (Å²) in [7, 11) is 0. The lowest BCUT2D eigenvalue weighted by Crippen LogP contribution is -2.25. The van der Waals surface area contributed by atoms with Crippen LogP contribution in [0, 0.1) is 13.8 Å². The summed E-state index contributed by atoms with van der Waals surface area (Å²) in [6.07, 6.45) is 1.07. The average molecular weight is 473 g/mol. The Hall–Kier alpha value is -3.12. The monoisotopic (exact) mass is 472 g/mol. The van der Waals surface area contributed by atoms with E-state index in [4.69, 9.17) is 0 Å². The van der Waals surface area contributed by atoms with E-state index in [0.717, 1.165) is 6.42 Å². The second-order valence-corrected chi connectivity index (χ2v) is 12.1. The normalized spacial score (nSPS) is 15.8. The molecule has 0 aliphatic heterocycles. The molecule has 4 aromatic rings. The molecule has 0 heteroatoms. The van der Waals surface area contributed by atoms with Crippen LogP contribution in [0.5, 0.6) is 0 Å². The topological polar surface area (TPSA) is 0 Å². The van der Waals surface area contributed by atoms with Crippen molar-refractivity contribution in [3.05, 3.63) is 129 Å². The molecule has 0 N–H and O–H groups in total. The van der Waals surface area contributed by atoms with Crippen molar-refractivity contribution in [1.82, 2.24) is 0 Å². The van der Waals surface area contributed by atoms with Crippen LogP contribution in [0.3, 0.4) is 0 Å². The molecule has 0 amide bonds. The van der Waals surface area contributed by atoms with Gasteiger partial charge in [0.15, 0.2) is 0 Å². The number of rotatable bonds is 5. The molecule has 1 aliphatic carbocycles. The van der Waals surface area contributed by atoms with E-state index in [1.807, 2.05) is 0 Å². The Kier molecular flexibility index (Phi) is 5.79. The highest BCUT2D eigenvalue weighted by molar-refractivity contribution is 5.81. The molecule has 0 fully saturated rings. The van der Waals surface area contributed by atoms with Gasteiger partial charge in [-0.05, 0) is 75.9 Å². The predicted molar refractivity (Wildman–Crippen MR) is 155 cm³/mol. The van der Waals surface area contributed by atoms with Gasteiger partial charge >= 0.3 is 0 Å². The zero-order chi connectivity index (χ0) is 25.9. The third kappa shape index (κ3) is 3.57. The maximum atomic E-state index is 2.51. The first-order valence-corrected chi connectivity index (χ1v) is 13.4. The molecule has 1 aliphatic rings. The van der Waals surface area contributed by atoms with Gasteiger partial charge in [-0.25, -0.2) is 0 Å². The maximum absolute atomic E-state index is 2.51. The summed E-state index contributed by atoms with van der Waals surface area (Å²) in [5, 5.41) is 0. The van der Waals surface area contributed by atoms with Crippen LogP contribution in [0.25, 0.3) is 11.1 Å². The lowest BCUT2D eigenvalue weighted by molar-refractivity contribution is 0.543. The molecule has 1 atom stereocenters. The molecule has 5 rings (SSSR count). The van der Waals surface area contributed by atoms with E-state index in [1.165, 1.54) is 55.6 Å². The molecule has 0 saturated carbocycles. The quantitative estimate of drug-likeness (QED) is 0.271. The van der Waals surface area contributed by atoms with E-state index < -0.39 is 0 Å². The van der Waals surface area contributed by atoms with Gasteiger partial charge in [0.2, 0.25) is 0 Å². The molecule has 1 unspecified atom stereocenters. The van der Waals surface area contributed by atoms with Crippen LogP contribution in [-0.4, -0.2) is 0 Å². The van der Waals surface area contributed by atoms with E-state index in [0.29, 0.717) is 0 Å². The number of fused-ring (bicyclic) bond motifs is 3. The molecule has 0 radical (unpaired) electrons. The predicted octanol–water partition coefficient (Wildman–Crippen LogP) is 9.65. The molecule has 36 heavy (non-hydrogen) atoms. The zero-order valence-corrected chi connectivity index (χ0v) is 23.3. The van der Waals surface area contributed by atoms with Gasteiger partial charge in [-0.1, -0.05) is 126 Å². The second-order valence-electron chi connectivity index (χ2n) is 12.1. The van der Waals surface area contributed by atoms with E-state index in [-0.39, 0.29) is 16.2 Å². The molecule has 0 aromatic heterocycles. The molecule has 0 spiro atoms. The van der Waals surface area contributed by atoms with Crippen LogP contribution >= 0.6 is 0 Å². The lowest BCUT2D eigenvalue weighted by Gasteiger charge is -2.33. The number of benzene rings is 4. The Labute approximate surface area is 218 Å². The molecule has 0 saturated heterocycles. The largest absolute Gasteiger partial charge is 0.0642 e. The SMILES string of the molecule is CCC(C)(c1ccc2c(c1)C(C)(C)c1cc(C(C)(C)c3ccccc3C)ccc1-2)c1ccccc1C. The fourth-order valence-corrected chi connectivity index (χ4v) is 6.64. The standard InChI is InChI=1S/C36H40/c1-9-36(8,31-17-13-11-15-25(31)3)27-19-21-29-28-20-18-26(22-32(28)35(6,7)33(29)23-27)34(4,5)30-16-12-10-14-24(30)2/h10-23H,9H2,1-8H3. The fourth-order valence-electron chi connectivity index (χ4n) is 6.64. The summed E-state index contributed by atoms with van der Waals surface area (Å²) < 4.78 is 0. The first-order chi connectivity index (χ1) is 17.0. The van der Waals surface area contributed by atoms with Crippen molar-refractivity contribution in [2.45, 2.75) is 78.1 Å². The first-order valence-electron chi connectivity index (χ1n) is 13.4. The number of hydrogen-bond donors (Lipinski definition) is 0. The average Bonchev–Trinajstić information content (AvgIpc) is 3.10. The summed E-state index contributed by atoms with van der Waals surface area (Å²) in [4.78, 5) is 0. The Morgan fingerprint density at radius 3 is 1.61 bits per heavy atom. The van der Waals surface area contributed by atoms with Gasteiger partial charge in [0, 0.05) is 16.2 Å². The van der Waals surface area contributed by atoms with Crippen LogP contribution in [0.1, 0.15) is 92.5 Å². The van der Waals surface area contributed by atoms with E-state index >= 15 is 0 Å². The summed E-state index contributed by atoms with van der Waals surface area (Å²) in [6, 6.07) is 32.2. The summed E-state index contributed by atoms with van der Waals surface area (Å²) in [5.74, 6) is 0. The molecule has 0 heterocycles.